The second kappa shape index (κ2) is 18.3. The van der Waals surface area contributed by atoms with Gasteiger partial charge in [0.1, 0.15) is 17.7 Å². The molecule has 268 valence electrons. The van der Waals surface area contributed by atoms with Crippen molar-refractivity contribution in [1.29, 1.82) is 0 Å². The van der Waals surface area contributed by atoms with Crippen LogP contribution in [-0.4, -0.2) is 88.8 Å². The van der Waals surface area contributed by atoms with Crippen molar-refractivity contribution >= 4 is 27.7 Å². The summed E-state index contributed by atoms with van der Waals surface area (Å²) in [6.07, 6.45) is 6.23. The molecule has 0 saturated heterocycles. The van der Waals surface area contributed by atoms with Gasteiger partial charge in [0, 0.05) is 18.3 Å². The van der Waals surface area contributed by atoms with Crippen molar-refractivity contribution in [2.24, 2.45) is 5.92 Å². The third-order valence-corrected chi connectivity index (χ3v) is 10.5. The Hall–Kier alpha value is -3.49. The Labute approximate surface area is 284 Å². The molecule has 1 aliphatic carbocycles. The number of H-pyrrole nitrogens is 1. The molecular weight excluding hydrogens is 638 g/mol. The Kier molecular flexibility index (Phi) is 14.9. The Morgan fingerprint density at radius 2 is 1.67 bits per heavy atom. The fourth-order valence-corrected chi connectivity index (χ4v) is 6.62. The van der Waals surface area contributed by atoms with E-state index in [2.05, 4.69) is 25.9 Å². The fourth-order valence-electron chi connectivity index (χ4n) is 5.52. The molecule has 0 bridgehead atoms. The van der Waals surface area contributed by atoms with Crippen LogP contribution in [0.5, 0.6) is 0 Å². The van der Waals surface area contributed by atoms with E-state index in [9.17, 15) is 27.9 Å². The lowest BCUT2D eigenvalue weighted by molar-refractivity contribution is -0.131. The van der Waals surface area contributed by atoms with E-state index >= 15 is 0 Å². The van der Waals surface area contributed by atoms with E-state index in [1.54, 1.807) is 34.6 Å². The average Bonchev–Trinajstić information content (AvgIpc) is 3.53. The normalized spacial score (nSPS) is 16.8. The second-order valence-electron chi connectivity index (χ2n) is 13.8. The highest BCUT2D eigenvalue weighted by molar-refractivity contribution is 7.92. The Morgan fingerprint density at radius 3 is 2.27 bits per heavy atom. The lowest BCUT2D eigenvalue weighted by atomic mass is 9.83. The lowest BCUT2D eigenvalue weighted by Gasteiger charge is -2.32. The number of ether oxygens (including phenoxy) is 2. The first-order chi connectivity index (χ1) is 22.6. The smallest absolute Gasteiger partial charge is 0.408 e. The molecule has 1 saturated carbocycles. The van der Waals surface area contributed by atoms with Crippen LogP contribution in [0.15, 0.2) is 42.9 Å². The Bertz CT molecular complexity index is 1390. The molecule has 3 amide bonds. The van der Waals surface area contributed by atoms with Crippen LogP contribution in [0.1, 0.15) is 84.4 Å². The number of hydrogen-bond acceptors (Lipinski definition) is 9. The molecule has 1 aromatic carbocycles. The maximum atomic E-state index is 13.9. The maximum Gasteiger partial charge on any atom is 0.408 e. The topological polar surface area (TPSA) is 189 Å². The van der Waals surface area contributed by atoms with Crippen LogP contribution >= 0.6 is 0 Å². The van der Waals surface area contributed by atoms with Crippen molar-refractivity contribution in [3.8, 4) is 0 Å². The number of aromatic nitrogens is 2. The van der Waals surface area contributed by atoms with Crippen LogP contribution in [0, 0.1) is 5.92 Å². The molecule has 1 fully saturated rings. The van der Waals surface area contributed by atoms with E-state index in [0.29, 0.717) is 12.1 Å². The number of imidazole rings is 1. The number of nitrogens with one attached hydrogen (secondary N) is 4. The first kappa shape index (κ1) is 39.0. The molecule has 14 heteroatoms. The summed E-state index contributed by atoms with van der Waals surface area (Å²) in [7, 11) is -3.61. The zero-order valence-electron chi connectivity index (χ0n) is 28.7. The minimum absolute atomic E-state index is 0.0120. The van der Waals surface area contributed by atoms with Crippen molar-refractivity contribution in [3.63, 3.8) is 0 Å². The number of carbonyl (C=O) groups excluding carboxylic acids is 3. The largest absolute Gasteiger partial charge is 0.444 e. The number of benzene rings is 1. The van der Waals surface area contributed by atoms with Gasteiger partial charge < -0.3 is 35.5 Å². The second-order valence-corrected chi connectivity index (χ2v) is 16.4. The predicted octanol–water partition coefficient (Wildman–Crippen LogP) is 3.19. The number of sulfone groups is 1. The molecule has 1 aliphatic rings. The predicted molar refractivity (Wildman–Crippen MR) is 182 cm³/mol. The van der Waals surface area contributed by atoms with Gasteiger partial charge in [0.15, 0.2) is 9.84 Å². The van der Waals surface area contributed by atoms with Gasteiger partial charge >= 0.3 is 6.09 Å². The monoisotopic (exact) mass is 691 g/mol. The van der Waals surface area contributed by atoms with Crippen LogP contribution in [0.25, 0.3) is 0 Å². The minimum atomic E-state index is -3.61. The van der Waals surface area contributed by atoms with E-state index in [1.807, 2.05) is 30.3 Å². The molecule has 1 aromatic heterocycles. The highest BCUT2D eigenvalue weighted by Crippen LogP contribution is 2.28. The van der Waals surface area contributed by atoms with Crippen LogP contribution in [-0.2, 0) is 41.9 Å². The molecule has 0 unspecified atom stereocenters. The van der Waals surface area contributed by atoms with Gasteiger partial charge in [-0.05, 0) is 52.5 Å². The molecular formula is C34H53N5O8S. The molecule has 1 heterocycles. The van der Waals surface area contributed by atoms with Crippen molar-refractivity contribution in [2.45, 2.75) is 121 Å². The third-order valence-electron chi connectivity index (χ3n) is 8.24. The van der Waals surface area contributed by atoms with Gasteiger partial charge in [-0.25, -0.2) is 18.2 Å². The number of hydrogen-bond donors (Lipinski definition) is 5. The summed E-state index contributed by atoms with van der Waals surface area (Å²) in [6, 6.07) is 6.07. The van der Waals surface area contributed by atoms with Crippen molar-refractivity contribution < 1.29 is 37.4 Å². The van der Waals surface area contributed by atoms with Crippen LogP contribution in [0.2, 0.25) is 0 Å². The summed E-state index contributed by atoms with van der Waals surface area (Å²) in [5, 5.41) is 18.7. The summed E-state index contributed by atoms with van der Waals surface area (Å²) in [4.78, 5) is 47.3. The minimum Gasteiger partial charge on any atom is -0.444 e. The number of amides is 3. The zero-order valence-corrected chi connectivity index (χ0v) is 29.6. The molecule has 0 radical (unpaired) electrons. The number of carbonyl (C=O) groups is 3. The number of rotatable bonds is 17. The van der Waals surface area contributed by atoms with Gasteiger partial charge in [0.25, 0.3) is 0 Å². The van der Waals surface area contributed by atoms with Crippen molar-refractivity contribution in [3.05, 3.63) is 54.1 Å². The molecule has 4 atom stereocenters. The fraction of sp³-hybridized carbons (Fsp3) is 0.647. The SMILES string of the molecule is CC(C)S(=O)(=O)C[C@H](O)[C@H](CC1CCCCC1)NC(=O)[C@H](Cc1cnc[nH]1)NC(=O)[C@H](COCc1ccccc1)NC(=O)OC(C)(C)C. The Morgan fingerprint density at radius 1 is 1.00 bits per heavy atom. The highest BCUT2D eigenvalue weighted by Gasteiger charge is 2.34. The number of nitrogens with zero attached hydrogens (tertiary/aromatic N) is 1. The standard InChI is InChI=1S/C34H53N5O8S/c1-23(2)48(44,45)21-30(40)27(16-24-12-8-6-9-13-24)37-31(41)28(17-26-18-35-22-36-26)38-32(42)29(39-33(43)47-34(3,4)5)20-46-19-25-14-10-7-11-15-25/h7,10-11,14-15,18,22-24,27-30,40H,6,8-9,12-13,16-17,19-21H2,1-5H3,(H,35,36)(H,37,41)(H,38,42)(H,39,43)/t27-,28-,29-,30-/m0/s1. The molecule has 0 spiro atoms. The van der Waals surface area contributed by atoms with E-state index in [4.69, 9.17) is 9.47 Å². The molecule has 48 heavy (non-hydrogen) atoms. The van der Waals surface area contributed by atoms with Crippen molar-refractivity contribution in [2.75, 3.05) is 12.4 Å². The summed E-state index contributed by atoms with van der Waals surface area (Å²) in [6.45, 7) is 8.16. The van der Waals surface area contributed by atoms with Crippen molar-refractivity contribution in [1.82, 2.24) is 25.9 Å². The number of alkyl carbamates (subject to hydrolysis) is 1. The van der Waals surface area contributed by atoms with E-state index in [1.165, 1.54) is 12.5 Å². The average molecular weight is 692 g/mol. The van der Waals surface area contributed by atoms with Gasteiger partial charge in [0.2, 0.25) is 11.8 Å². The van der Waals surface area contributed by atoms with Crippen LogP contribution in [0.3, 0.4) is 0 Å². The van der Waals surface area contributed by atoms with E-state index in [-0.39, 0.29) is 25.6 Å². The number of aliphatic hydroxyl groups is 1. The first-order valence-electron chi connectivity index (χ1n) is 16.7. The lowest BCUT2D eigenvalue weighted by Crippen LogP contribution is -2.58. The number of aromatic amines is 1. The van der Waals surface area contributed by atoms with E-state index in [0.717, 1.165) is 37.7 Å². The molecule has 3 rings (SSSR count). The van der Waals surface area contributed by atoms with Crippen LogP contribution < -0.4 is 16.0 Å². The third kappa shape index (κ3) is 13.6. The van der Waals surface area contributed by atoms with E-state index < -0.39 is 68.6 Å². The summed E-state index contributed by atoms with van der Waals surface area (Å²) in [5.41, 5.74) is 0.600. The molecule has 13 nitrogen and oxygen atoms in total. The van der Waals surface area contributed by atoms with Gasteiger partial charge in [-0.2, -0.15) is 0 Å². The summed E-state index contributed by atoms with van der Waals surface area (Å²) in [5.74, 6) is -1.59. The van der Waals surface area contributed by atoms with Gasteiger partial charge in [-0.15, -0.1) is 0 Å². The van der Waals surface area contributed by atoms with Gasteiger partial charge in [-0.3, -0.25) is 9.59 Å². The van der Waals surface area contributed by atoms with Gasteiger partial charge in [-0.1, -0.05) is 62.4 Å². The molecule has 2 aromatic rings. The van der Waals surface area contributed by atoms with Crippen LogP contribution in [0.4, 0.5) is 4.79 Å². The summed E-state index contributed by atoms with van der Waals surface area (Å²) < 4.78 is 36.7. The quantitative estimate of drug-likeness (QED) is 0.166. The molecule has 0 aliphatic heterocycles. The Balaban J connectivity index is 1.81. The number of aliphatic hydroxyl groups excluding tert-OH is 1. The first-order valence-corrected chi connectivity index (χ1v) is 18.4. The summed E-state index contributed by atoms with van der Waals surface area (Å²) >= 11 is 0. The van der Waals surface area contributed by atoms with Gasteiger partial charge in [0.05, 0.1) is 42.7 Å². The molecule has 5 N–H and O–H groups in total. The zero-order chi connectivity index (χ0) is 35.3. The maximum absolute atomic E-state index is 13.9. The highest BCUT2D eigenvalue weighted by atomic mass is 32.2.